The highest BCUT2D eigenvalue weighted by Crippen LogP contribution is 2.12. The fourth-order valence-corrected chi connectivity index (χ4v) is 2.05. The highest BCUT2D eigenvalue weighted by atomic mass is 16.3. The van der Waals surface area contributed by atoms with Crippen LogP contribution in [0.4, 0.5) is 0 Å². The number of likely N-dealkylation sites (N-methyl/N-ethyl adjacent to an activating group) is 1. The van der Waals surface area contributed by atoms with Crippen molar-refractivity contribution in [1.82, 2.24) is 10.2 Å². The number of aliphatic hydroxyl groups excluding tert-OH is 2. The quantitative estimate of drug-likeness (QED) is 0.595. The maximum atomic E-state index is 9.51. The first-order valence-corrected chi connectivity index (χ1v) is 6.32. The summed E-state index contributed by atoms with van der Waals surface area (Å²) in [5, 5.41) is 22.2. The van der Waals surface area contributed by atoms with Gasteiger partial charge >= 0.3 is 0 Å². The molecule has 0 radical (unpaired) electrons. The molecule has 3 atom stereocenters. The lowest BCUT2D eigenvalue weighted by Crippen LogP contribution is -2.39. The zero-order valence-electron chi connectivity index (χ0n) is 11.2. The highest BCUT2D eigenvalue weighted by molar-refractivity contribution is 5.24. The molecule has 0 aromatic heterocycles. The third kappa shape index (κ3) is 4.38. The van der Waals surface area contributed by atoms with E-state index in [0.29, 0.717) is 13.1 Å². The summed E-state index contributed by atoms with van der Waals surface area (Å²) in [5.74, 6) is 0. The number of nitrogens with zero attached hydrogens (tertiary/aromatic N) is 1. The van der Waals surface area contributed by atoms with Crippen molar-refractivity contribution in [3.05, 3.63) is 36.5 Å². The van der Waals surface area contributed by atoms with Crippen molar-refractivity contribution in [2.45, 2.75) is 25.2 Å². The number of hydrogen-bond donors (Lipinski definition) is 3. The molecule has 102 valence electrons. The van der Waals surface area contributed by atoms with Crippen LogP contribution in [0.25, 0.3) is 0 Å². The SMILES string of the molecule is C=C(/C=C\C=C/C)[C@@H](CN1C[C@@H](O)[C@H](O)C1)NC. The smallest absolute Gasteiger partial charge is 0.0938 e. The van der Waals surface area contributed by atoms with Crippen molar-refractivity contribution in [2.24, 2.45) is 0 Å². The summed E-state index contributed by atoms with van der Waals surface area (Å²) in [4.78, 5) is 2.05. The van der Waals surface area contributed by atoms with E-state index in [2.05, 4.69) is 11.9 Å². The van der Waals surface area contributed by atoms with Gasteiger partial charge in [0.25, 0.3) is 0 Å². The van der Waals surface area contributed by atoms with Crippen LogP contribution >= 0.6 is 0 Å². The number of aliphatic hydroxyl groups is 2. The molecule has 0 unspecified atom stereocenters. The van der Waals surface area contributed by atoms with Crippen LogP contribution in [0.1, 0.15) is 6.92 Å². The topological polar surface area (TPSA) is 55.7 Å². The second-order valence-electron chi connectivity index (χ2n) is 4.65. The Balaban J connectivity index is 2.49. The van der Waals surface area contributed by atoms with E-state index in [0.717, 1.165) is 12.1 Å². The lowest BCUT2D eigenvalue weighted by molar-refractivity contribution is 0.0572. The van der Waals surface area contributed by atoms with Crippen molar-refractivity contribution < 1.29 is 10.2 Å². The number of nitrogens with one attached hydrogen (secondary N) is 1. The van der Waals surface area contributed by atoms with Gasteiger partial charge in [0.1, 0.15) is 0 Å². The molecule has 0 aromatic carbocycles. The zero-order valence-corrected chi connectivity index (χ0v) is 11.2. The Morgan fingerprint density at radius 2 is 2.00 bits per heavy atom. The first kappa shape index (κ1) is 15.1. The number of likely N-dealkylation sites (tertiary alicyclic amines) is 1. The minimum absolute atomic E-state index is 0.129. The fraction of sp³-hybridized carbons (Fsp3) is 0.571. The van der Waals surface area contributed by atoms with Gasteiger partial charge in [-0.15, -0.1) is 0 Å². The summed E-state index contributed by atoms with van der Waals surface area (Å²) in [6.45, 7) is 7.79. The molecule has 0 aromatic rings. The van der Waals surface area contributed by atoms with Gasteiger partial charge in [-0.25, -0.2) is 0 Å². The molecule has 0 amide bonds. The second kappa shape index (κ2) is 7.48. The van der Waals surface area contributed by atoms with Crippen LogP contribution in [0.5, 0.6) is 0 Å². The lowest BCUT2D eigenvalue weighted by Gasteiger charge is -2.23. The fourth-order valence-electron chi connectivity index (χ4n) is 2.05. The highest BCUT2D eigenvalue weighted by Gasteiger charge is 2.30. The standard InChI is InChI=1S/C14H24N2O2/c1-4-5-6-7-11(2)12(15-3)8-16-9-13(17)14(18)10-16/h4-7,12-15,17-18H,2,8-10H2,1,3H3/b5-4-,7-6-/t12-,13-,14-/m1/s1. The van der Waals surface area contributed by atoms with Crippen molar-refractivity contribution in [3.8, 4) is 0 Å². The van der Waals surface area contributed by atoms with Gasteiger partial charge in [0.05, 0.1) is 12.2 Å². The van der Waals surface area contributed by atoms with E-state index >= 15 is 0 Å². The molecule has 0 saturated carbocycles. The molecule has 0 spiro atoms. The van der Waals surface area contributed by atoms with Crippen molar-refractivity contribution in [1.29, 1.82) is 0 Å². The Hall–Kier alpha value is -0.940. The lowest BCUT2D eigenvalue weighted by atomic mass is 10.1. The van der Waals surface area contributed by atoms with Gasteiger partial charge in [-0.3, -0.25) is 4.90 Å². The van der Waals surface area contributed by atoms with Crippen molar-refractivity contribution in [2.75, 3.05) is 26.7 Å². The molecule has 1 aliphatic rings. The second-order valence-corrected chi connectivity index (χ2v) is 4.65. The molecule has 1 fully saturated rings. The minimum Gasteiger partial charge on any atom is -0.389 e. The largest absolute Gasteiger partial charge is 0.389 e. The van der Waals surface area contributed by atoms with E-state index in [1.54, 1.807) is 0 Å². The summed E-state index contributed by atoms with van der Waals surface area (Å²) in [5.41, 5.74) is 0.992. The number of β-amino-alcohol motifs (C(OH)–C–C–N with tert-alkyl or cyclic N) is 2. The first-order chi connectivity index (χ1) is 8.58. The monoisotopic (exact) mass is 252 g/mol. The molecule has 4 heteroatoms. The number of hydrogen-bond acceptors (Lipinski definition) is 4. The van der Waals surface area contributed by atoms with Crippen LogP contribution in [-0.4, -0.2) is 60.0 Å². The van der Waals surface area contributed by atoms with E-state index in [4.69, 9.17) is 0 Å². The van der Waals surface area contributed by atoms with E-state index in [1.165, 1.54) is 0 Å². The molecule has 1 saturated heterocycles. The van der Waals surface area contributed by atoms with E-state index in [9.17, 15) is 10.2 Å². The number of allylic oxidation sites excluding steroid dienone is 3. The summed E-state index contributed by atoms with van der Waals surface area (Å²) < 4.78 is 0. The van der Waals surface area contributed by atoms with Gasteiger partial charge in [0.2, 0.25) is 0 Å². The van der Waals surface area contributed by atoms with Crippen LogP contribution in [0.3, 0.4) is 0 Å². The summed E-state index contributed by atoms with van der Waals surface area (Å²) >= 11 is 0. The summed E-state index contributed by atoms with van der Waals surface area (Å²) in [6.07, 6.45) is 6.60. The van der Waals surface area contributed by atoms with Gasteiger partial charge < -0.3 is 15.5 Å². The Kier molecular flexibility index (Phi) is 6.29. The normalized spacial score (nSPS) is 27.3. The van der Waals surface area contributed by atoms with Gasteiger partial charge in [-0.05, 0) is 19.5 Å². The van der Waals surface area contributed by atoms with Gasteiger partial charge in [-0.1, -0.05) is 30.9 Å². The molecule has 1 aliphatic heterocycles. The Bertz CT molecular complexity index is 316. The Labute approximate surface area is 109 Å². The van der Waals surface area contributed by atoms with Crippen LogP contribution in [0, 0.1) is 0 Å². The summed E-state index contributed by atoms with van der Waals surface area (Å²) in [6, 6.07) is 0.129. The zero-order chi connectivity index (χ0) is 13.5. The average Bonchev–Trinajstić information content (AvgIpc) is 2.65. The van der Waals surface area contributed by atoms with E-state index in [1.807, 2.05) is 43.2 Å². The molecule has 1 heterocycles. The molecule has 3 N–H and O–H groups in total. The van der Waals surface area contributed by atoms with E-state index < -0.39 is 12.2 Å². The van der Waals surface area contributed by atoms with Crippen LogP contribution in [0.2, 0.25) is 0 Å². The molecule has 18 heavy (non-hydrogen) atoms. The van der Waals surface area contributed by atoms with Crippen LogP contribution in [0.15, 0.2) is 36.5 Å². The minimum atomic E-state index is -0.630. The molecule has 0 aliphatic carbocycles. The maximum Gasteiger partial charge on any atom is 0.0938 e. The van der Waals surface area contributed by atoms with Gasteiger partial charge in [0, 0.05) is 25.7 Å². The average molecular weight is 252 g/mol. The molecule has 1 rings (SSSR count). The molecular formula is C14H24N2O2. The van der Waals surface area contributed by atoms with Crippen molar-refractivity contribution in [3.63, 3.8) is 0 Å². The van der Waals surface area contributed by atoms with Crippen LogP contribution in [-0.2, 0) is 0 Å². The predicted octanol–water partition coefficient (Wildman–Crippen LogP) is 0.300. The third-order valence-corrected chi connectivity index (χ3v) is 3.19. The Morgan fingerprint density at radius 1 is 1.39 bits per heavy atom. The number of rotatable bonds is 6. The van der Waals surface area contributed by atoms with Gasteiger partial charge in [-0.2, -0.15) is 0 Å². The Morgan fingerprint density at radius 3 is 2.50 bits per heavy atom. The molecule has 4 nitrogen and oxygen atoms in total. The molecule has 0 bridgehead atoms. The molecular weight excluding hydrogens is 228 g/mol. The predicted molar refractivity (Wildman–Crippen MR) is 74.4 cm³/mol. The van der Waals surface area contributed by atoms with Gasteiger partial charge in [0.15, 0.2) is 0 Å². The van der Waals surface area contributed by atoms with Crippen LogP contribution < -0.4 is 5.32 Å². The van der Waals surface area contributed by atoms with Crippen molar-refractivity contribution >= 4 is 0 Å². The third-order valence-electron chi connectivity index (χ3n) is 3.19. The van der Waals surface area contributed by atoms with E-state index in [-0.39, 0.29) is 6.04 Å². The first-order valence-electron chi connectivity index (χ1n) is 6.32. The summed E-state index contributed by atoms with van der Waals surface area (Å²) in [7, 11) is 1.89. The maximum absolute atomic E-state index is 9.51.